The number of fused-ring (bicyclic) bond motifs is 1. The number of carbonyl (C=O) groups is 3. The quantitative estimate of drug-likeness (QED) is 0.482. The standard InChI is InChI=1S/C12H16N2O3.C11H12N2O/c1-2-4-11(15)14-10(7-12(16)17)9-5-3-6-13-8-9;1-8(14)6-7-11-12-9-4-2-3-5-10(9)13-11/h3,5-6,8,10H,2,4,7H2,1H3,(H,14,15)(H,16,17);2-5H,6-7H2,1H3,(H,12,13). The van der Waals surface area contributed by atoms with E-state index in [1.165, 1.54) is 0 Å². The second-order valence-electron chi connectivity index (χ2n) is 7.16. The number of nitrogens with one attached hydrogen (secondary N) is 2. The minimum absolute atomic E-state index is 0.136. The molecular weight excluding hydrogens is 396 g/mol. The number of carbonyl (C=O) groups excluding carboxylic acids is 2. The van der Waals surface area contributed by atoms with Crippen LogP contribution in [0.1, 0.15) is 57.0 Å². The van der Waals surface area contributed by atoms with Crippen LogP contribution in [-0.4, -0.2) is 37.7 Å². The second kappa shape index (κ2) is 12.2. The molecular formula is C23H28N4O4. The first-order valence-electron chi connectivity index (χ1n) is 10.2. The van der Waals surface area contributed by atoms with Gasteiger partial charge in [-0.25, -0.2) is 4.98 Å². The van der Waals surface area contributed by atoms with Crippen LogP contribution in [0.5, 0.6) is 0 Å². The Hall–Kier alpha value is -3.55. The van der Waals surface area contributed by atoms with E-state index in [0.29, 0.717) is 24.8 Å². The van der Waals surface area contributed by atoms with Crippen molar-refractivity contribution < 1.29 is 19.5 Å². The van der Waals surface area contributed by atoms with Crippen molar-refractivity contribution >= 4 is 28.7 Å². The third-order valence-corrected chi connectivity index (χ3v) is 4.43. The molecule has 31 heavy (non-hydrogen) atoms. The highest BCUT2D eigenvalue weighted by molar-refractivity contribution is 5.78. The first-order chi connectivity index (χ1) is 14.9. The average molecular weight is 425 g/mol. The molecule has 0 saturated heterocycles. The van der Waals surface area contributed by atoms with Gasteiger partial charge in [0.2, 0.25) is 5.91 Å². The Morgan fingerprint density at radius 2 is 1.90 bits per heavy atom. The number of carboxylic acids is 1. The number of aryl methyl sites for hydroxylation is 1. The van der Waals surface area contributed by atoms with Gasteiger partial charge >= 0.3 is 5.97 Å². The highest BCUT2D eigenvalue weighted by atomic mass is 16.4. The number of aromatic amines is 1. The number of ketones is 1. The zero-order valence-corrected chi connectivity index (χ0v) is 17.8. The summed E-state index contributed by atoms with van der Waals surface area (Å²) in [6.45, 7) is 3.50. The molecule has 1 unspecified atom stereocenters. The molecule has 0 aliphatic rings. The van der Waals surface area contributed by atoms with Crippen LogP contribution in [0.4, 0.5) is 0 Å². The number of H-pyrrole nitrogens is 1. The van der Waals surface area contributed by atoms with E-state index in [4.69, 9.17) is 5.11 Å². The minimum Gasteiger partial charge on any atom is -0.481 e. The normalized spacial score (nSPS) is 11.3. The zero-order valence-electron chi connectivity index (χ0n) is 17.8. The molecule has 3 N–H and O–H groups in total. The summed E-state index contributed by atoms with van der Waals surface area (Å²) in [7, 11) is 0. The smallest absolute Gasteiger partial charge is 0.305 e. The van der Waals surface area contributed by atoms with Crippen LogP contribution in [0, 0.1) is 0 Å². The number of imidazole rings is 1. The monoisotopic (exact) mass is 424 g/mol. The molecule has 0 aliphatic heterocycles. The fourth-order valence-electron chi connectivity index (χ4n) is 2.92. The molecule has 8 nitrogen and oxygen atoms in total. The van der Waals surface area contributed by atoms with Crippen molar-refractivity contribution in [3.63, 3.8) is 0 Å². The lowest BCUT2D eigenvalue weighted by atomic mass is 10.1. The molecule has 2 aromatic heterocycles. The topological polar surface area (TPSA) is 125 Å². The number of Topliss-reactive ketones (excluding diaryl/α,β-unsaturated/α-hetero) is 1. The third-order valence-electron chi connectivity index (χ3n) is 4.43. The van der Waals surface area contributed by atoms with E-state index in [9.17, 15) is 14.4 Å². The number of rotatable bonds is 9. The number of nitrogens with zero attached hydrogens (tertiary/aromatic N) is 2. The number of hydrogen-bond donors (Lipinski definition) is 3. The van der Waals surface area contributed by atoms with Crippen LogP contribution >= 0.6 is 0 Å². The Kier molecular flexibility index (Phi) is 9.35. The van der Waals surface area contributed by atoms with E-state index in [-0.39, 0.29) is 18.1 Å². The Bertz CT molecular complexity index is 968. The van der Waals surface area contributed by atoms with Crippen molar-refractivity contribution in [2.45, 2.75) is 52.0 Å². The van der Waals surface area contributed by atoms with E-state index in [1.54, 1.807) is 31.5 Å². The molecule has 0 radical (unpaired) electrons. The Labute approximate surface area is 181 Å². The molecule has 8 heteroatoms. The minimum atomic E-state index is -0.948. The summed E-state index contributed by atoms with van der Waals surface area (Å²) < 4.78 is 0. The molecule has 0 fully saturated rings. The van der Waals surface area contributed by atoms with Gasteiger partial charge in [0.15, 0.2) is 0 Å². The molecule has 1 amide bonds. The van der Waals surface area contributed by atoms with Gasteiger partial charge in [-0.2, -0.15) is 0 Å². The number of carboxylic acid groups (broad SMARTS) is 1. The van der Waals surface area contributed by atoms with E-state index < -0.39 is 12.0 Å². The summed E-state index contributed by atoms with van der Waals surface area (Å²) in [5, 5.41) is 11.5. The number of amides is 1. The van der Waals surface area contributed by atoms with E-state index >= 15 is 0 Å². The van der Waals surface area contributed by atoms with Crippen LogP contribution in [0.25, 0.3) is 11.0 Å². The molecule has 164 valence electrons. The first-order valence-corrected chi connectivity index (χ1v) is 10.2. The van der Waals surface area contributed by atoms with Crippen molar-refractivity contribution in [3.05, 3.63) is 60.2 Å². The lowest BCUT2D eigenvalue weighted by molar-refractivity contribution is -0.137. The van der Waals surface area contributed by atoms with Gasteiger partial charge in [0.05, 0.1) is 23.5 Å². The van der Waals surface area contributed by atoms with Crippen LogP contribution < -0.4 is 5.32 Å². The summed E-state index contributed by atoms with van der Waals surface area (Å²) >= 11 is 0. The zero-order chi connectivity index (χ0) is 22.6. The second-order valence-corrected chi connectivity index (χ2v) is 7.16. The molecule has 3 rings (SSSR count). The number of hydrogen-bond acceptors (Lipinski definition) is 5. The Balaban J connectivity index is 0.000000224. The van der Waals surface area contributed by atoms with Gasteiger partial charge in [0.1, 0.15) is 11.6 Å². The van der Waals surface area contributed by atoms with E-state index in [1.807, 2.05) is 31.2 Å². The fourth-order valence-corrected chi connectivity index (χ4v) is 2.92. The van der Waals surface area contributed by atoms with Crippen LogP contribution in [0.3, 0.4) is 0 Å². The van der Waals surface area contributed by atoms with Crippen LogP contribution in [0.15, 0.2) is 48.8 Å². The highest BCUT2D eigenvalue weighted by Crippen LogP contribution is 2.16. The maximum Gasteiger partial charge on any atom is 0.305 e. The molecule has 0 spiro atoms. The van der Waals surface area contributed by atoms with Gasteiger partial charge in [-0.05, 0) is 37.1 Å². The largest absolute Gasteiger partial charge is 0.481 e. The van der Waals surface area contributed by atoms with Gasteiger partial charge in [-0.3, -0.25) is 14.6 Å². The van der Waals surface area contributed by atoms with Crippen molar-refractivity contribution in [1.82, 2.24) is 20.3 Å². The Morgan fingerprint density at radius 1 is 1.13 bits per heavy atom. The number of aliphatic carboxylic acids is 1. The van der Waals surface area contributed by atoms with Crippen LogP contribution in [-0.2, 0) is 20.8 Å². The summed E-state index contributed by atoms with van der Waals surface area (Å²) in [6.07, 6.45) is 5.43. The first kappa shape index (κ1) is 23.7. The molecule has 1 aromatic carbocycles. The summed E-state index contributed by atoms with van der Waals surface area (Å²) in [6, 6.07) is 10.8. The molecule has 2 heterocycles. The molecule has 3 aromatic rings. The number of benzene rings is 1. The summed E-state index contributed by atoms with van der Waals surface area (Å²) in [5.74, 6) is 0.00473. The number of pyridine rings is 1. The van der Waals surface area contributed by atoms with Crippen molar-refractivity contribution in [2.24, 2.45) is 0 Å². The molecule has 1 atom stereocenters. The van der Waals surface area contributed by atoms with Gasteiger partial charge in [-0.15, -0.1) is 0 Å². The third kappa shape index (κ3) is 8.38. The fraction of sp³-hybridized carbons (Fsp3) is 0.348. The maximum atomic E-state index is 11.5. The lowest BCUT2D eigenvalue weighted by Crippen LogP contribution is -2.29. The van der Waals surface area contributed by atoms with Crippen molar-refractivity contribution in [3.8, 4) is 0 Å². The van der Waals surface area contributed by atoms with E-state index in [2.05, 4.69) is 20.3 Å². The summed E-state index contributed by atoms with van der Waals surface area (Å²) in [5.41, 5.74) is 2.71. The maximum absolute atomic E-state index is 11.5. The van der Waals surface area contributed by atoms with Gasteiger partial charge in [0, 0.05) is 31.7 Å². The SMILES string of the molecule is CC(=O)CCc1nc2ccccc2[nH]1.CCCC(=O)NC(CC(=O)O)c1cccnc1. The molecule has 0 saturated carbocycles. The van der Waals surface area contributed by atoms with Gasteiger partial charge in [-0.1, -0.05) is 25.1 Å². The van der Waals surface area contributed by atoms with Crippen molar-refractivity contribution in [2.75, 3.05) is 0 Å². The van der Waals surface area contributed by atoms with Crippen molar-refractivity contribution in [1.29, 1.82) is 0 Å². The summed E-state index contributed by atoms with van der Waals surface area (Å²) in [4.78, 5) is 44.5. The Morgan fingerprint density at radius 3 is 2.52 bits per heavy atom. The average Bonchev–Trinajstić information content (AvgIpc) is 3.16. The molecule has 0 bridgehead atoms. The lowest BCUT2D eigenvalue weighted by Gasteiger charge is -2.16. The van der Waals surface area contributed by atoms with Gasteiger partial charge in [0.25, 0.3) is 0 Å². The number of para-hydroxylation sites is 2. The van der Waals surface area contributed by atoms with Gasteiger partial charge < -0.3 is 20.2 Å². The predicted octanol–water partition coefficient (Wildman–Crippen LogP) is 3.60. The van der Waals surface area contributed by atoms with Crippen LogP contribution in [0.2, 0.25) is 0 Å². The molecule has 0 aliphatic carbocycles. The number of aromatic nitrogens is 3. The van der Waals surface area contributed by atoms with E-state index in [0.717, 1.165) is 23.3 Å². The highest BCUT2D eigenvalue weighted by Gasteiger charge is 2.17. The predicted molar refractivity (Wildman–Crippen MR) is 117 cm³/mol.